The predicted octanol–water partition coefficient (Wildman–Crippen LogP) is 1.40. The van der Waals surface area contributed by atoms with Crippen LogP contribution < -0.4 is 10.2 Å². The third-order valence-electron chi connectivity index (χ3n) is 2.12. The van der Waals surface area contributed by atoms with Crippen LogP contribution in [0.15, 0.2) is 48.5 Å². The molecule has 0 saturated carbocycles. The molecule has 0 unspecified atom stereocenters. The second-order valence-corrected chi connectivity index (χ2v) is 4.47. The number of aromatic carboxylic acids is 2. The van der Waals surface area contributed by atoms with Crippen molar-refractivity contribution in [1.29, 1.82) is 0 Å². The average molecular weight is 375 g/mol. The van der Waals surface area contributed by atoms with Gasteiger partial charge in [-0.3, -0.25) is 0 Å². The topological polar surface area (TPSA) is 80.3 Å². The van der Waals surface area contributed by atoms with E-state index >= 15 is 0 Å². The first-order valence-electron chi connectivity index (χ1n) is 5.34. The van der Waals surface area contributed by atoms with Gasteiger partial charge in [-0.2, -0.15) is 0 Å². The molecule has 0 aliphatic rings. The van der Waals surface area contributed by atoms with Gasteiger partial charge in [0.1, 0.15) is 0 Å². The summed E-state index contributed by atoms with van der Waals surface area (Å²) in [5, 5.41) is 21.2. The SMILES string of the molecule is O=C([O-])c1cccc(Cl)c1.O=C([O-])c1cccc(Cl)c1.[Cu+2]. The molecule has 0 aromatic heterocycles. The van der Waals surface area contributed by atoms with E-state index in [2.05, 4.69) is 0 Å². The second-order valence-electron chi connectivity index (χ2n) is 3.60. The van der Waals surface area contributed by atoms with Crippen molar-refractivity contribution in [3.05, 3.63) is 69.7 Å². The molecule has 0 spiro atoms. The summed E-state index contributed by atoms with van der Waals surface area (Å²) in [6.07, 6.45) is 0. The Morgan fingerprint density at radius 1 is 0.762 bits per heavy atom. The monoisotopic (exact) mass is 373 g/mol. The van der Waals surface area contributed by atoms with Crippen molar-refractivity contribution in [1.82, 2.24) is 0 Å². The molecule has 0 bridgehead atoms. The maximum absolute atomic E-state index is 10.2. The number of hydrogen-bond donors (Lipinski definition) is 0. The summed E-state index contributed by atoms with van der Waals surface area (Å²) in [5.41, 5.74) is 0.208. The molecule has 4 nitrogen and oxygen atoms in total. The smallest absolute Gasteiger partial charge is 0.545 e. The van der Waals surface area contributed by atoms with Crippen molar-refractivity contribution >= 4 is 35.1 Å². The number of benzene rings is 2. The van der Waals surface area contributed by atoms with Gasteiger partial charge in [0.15, 0.2) is 0 Å². The quantitative estimate of drug-likeness (QED) is 0.744. The molecule has 2 aromatic carbocycles. The molecule has 0 saturated heterocycles. The van der Waals surface area contributed by atoms with Gasteiger partial charge < -0.3 is 19.8 Å². The minimum atomic E-state index is -1.21. The van der Waals surface area contributed by atoms with Crippen LogP contribution in [0.2, 0.25) is 10.0 Å². The second kappa shape index (κ2) is 9.42. The van der Waals surface area contributed by atoms with Gasteiger partial charge >= 0.3 is 17.1 Å². The van der Waals surface area contributed by atoms with E-state index < -0.39 is 11.9 Å². The van der Waals surface area contributed by atoms with Crippen LogP contribution in [0, 0.1) is 0 Å². The molecule has 0 aliphatic heterocycles. The van der Waals surface area contributed by atoms with Crippen LogP contribution in [0.3, 0.4) is 0 Å². The number of carbonyl (C=O) groups is 2. The summed E-state index contributed by atoms with van der Waals surface area (Å²) < 4.78 is 0. The largest absolute Gasteiger partial charge is 2.00 e. The van der Waals surface area contributed by atoms with Gasteiger partial charge in [0, 0.05) is 10.0 Å². The van der Waals surface area contributed by atoms with Crippen molar-refractivity contribution < 1.29 is 36.9 Å². The Balaban J connectivity index is 0.000000364. The Hall–Kier alpha value is -1.52. The fourth-order valence-electron chi connectivity index (χ4n) is 1.23. The average Bonchev–Trinajstić information content (AvgIpc) is 2.39. The minimum Gasteiger partial charge on any atom is -0.545 e. The first kappa shape index (κ1) is 19.5. The van der Waals surface area contributed by atoms with E-state index in [-0.39, 0.29) is 28.2 Å². The normalized spacial score (nSPS) is 8.86. The molecular weight excluding hydrogens is 367 g/mol. The van der Waals surface area contributed by atoms with Crippen LogP contribution in [0.1, 0.15) is 20.7 Å². The molecule has 0 N–H and O–H groups in total. The molecule has 0 atom stereocenters. The maximum Gasteiger partial charge on any atom is 2.00 e. The molecular formula is C14H8Cl2CuO4. The summed E-state index contributed by atoms with van der Waals surface area (Å²) in [5.74, 6) is -2.41. The van der Waals surface area contributed by atoms with E-state index in [9.17, 15) is 19.8 Å². The molecule has 21 heavy (non-hydrogen) atoms. The molecule has 2 aromatic rings. The van der Waals surface area contributed by atoms with Gasteiger partial charge in [-0.15, -0.1) is 0 Å². The Kier molecular flexibility index (Phi) is 8.74. The summed E-state index contributed by atoms with van der Waals surface area (Å²) >= 11 is 11.0. The van der Waals surface area contributed by atoms with Gasteiger partial charge in [-0.1, -0.05) is 47.5 Å². The van der Waals surface area contributed by atoms with Crippen LogP contribution >= 0.6 is 23.2 Å². The van der Waals surface area contributed by atoms with Gasteiger partial charge in [0.2, 0.25) is 0 Å². The number of carbonyl (C=O) groups excluding carboxylic acids is 2. The standard InChI is InChI=1S/2C7H5ClO2.Cu/c2*8-6-3-1-2-5(4-6)7(9)10;/h2*1-4H,(H,9,10);/q;;+2/p-2. The first-order valence-corrected chi connectivity index (χ1v) is 6.09. The Labute approximate surface area is 141 Å². The minimum absolute atomic E-state index is 0. The molecule has 1 radical (unpaired) electrons. The van der Waals surface area contributed by atoms with E-state index in [1.54, 1.807) is 24.3 Å². The van der Waals surface area contributed by atoms with Crippen molar-refractivity contribution in [3.63, 3.8) is 0 Å². The van der Waals surface area contributed by atoms with Gasteiger partial charge in [0.05, 0.1) is 11.9 Å². The summed E-state index contributed by atoms with van der Waals surface area (Å²) in [6, 6.07) is 11.9. The summed E-state index contributed by atoms with van der Waals surface area (Å²) in [7, 11) is 0. The third-order valence-corrected chi connectivity index (χ3v) is 2.59. The van der Waals surface area contributed by atoms with E-state index in [1.807, 2.05) is 0 Å². The van der Waals surface area contributed by atoms with Gasteiger partial charge in [0.25, 0.3) is 0 Å². The van der Waals surface area contributed by atoms with Crippen LogP contribution in [-0.4, -0.2) is 11.9 Å². The van der Waals surface area contributed by atoms with E-state index in [4.69, 9.17) is 23.2 Å². The number of rotatable bonds is 2. The Morgan fingerprint density at radius 3 is 1.29 bits per heavy atom. The van der Waals surface area contributed by atoms with Crippen molar-refractivity contribution in [3.8, 4) is 0 Å². The molecule has 0 aliphatic carbocycles. The fraction of sp³-hybridized carbons (Fsp3) is 0. The van der Waals surface area contributed by atoms with E-state index in [0.29, 0.717) is 10.0 Å². The summed E-state index contributed by atoms with van der Waals surface area (Å²) in [6.45, 7) is 0. The van der Waals surface area contributed by atoms with Gasteiger partial charge in [-0.25, -0.2) is 0 Å². The van der Waals surface area contributed by atoms with Crippen LogP contribution in [0.4, 0.5) is 0 Å². The van der Waals surface area contributed by atoms with Crippen LogP contribution in [0.5, 0.6) is 0 Å². The fourth-order valence-corrected chi connectivity index (χ4v) is 1.61. The summed E-state index contributed by atoms with van der Waals surface area (Å²) in [4.78, 5) is 20.4. The number of halogens is 2. The Bertz CT molecular complexity index is 576. The zero-order valence-corrected chi connectivity index (χ0v) is 12.8. The van der Waals surface area contributed by atoms with E-state index in [0.717, 1.165) is 0 Å². The van der Waals surface area contributed by atoms with Crippen molar-refractivity contribution in [2.75, 3.05) is 0 Å². The number of carboxylic acid groups (broad SMARTS) is 2. The van der Waals surface area contributed by atoms with Gasteiger partial charge in [-0.05, 0) is 35.4 Å². The zero-order valence-electron chi connectivity index (χ0n) is 10.3. The van der Waals surface area contributed by atoms with Crippen LogP contribution in [0.25, 0.3) is 0 Å². The molecule has 0 amide bonds. The number of hydrogen-bond acceptors (Lipinski definition) is 4. The van der Waals surface area contributed by atoms with Crippen molar-refractivity contribution in [2.45, 2.75) is 0 Å². The molecule has 2 rings (SSSR count). The van der Waals surface area contributed by atoms with Crippen LogP contribution in [-0.2, 0) is 17.1 Å². The Morgan fingerprint density at radius 2 is 1.10 bits per heavy atom. The zero-order chi connectivity index (χ0) is 15.1. The number of carboxylic acids is 2. The predicted molar refractivity (Wildman–Crippen MR) is 71.6 cm³/mol. The molecule has 7 heteroatoms. The van der Waals surface area contributed by atoms with E-state index in [1.165, 1.54) is 24.3 Å². The van der Waals surface area contributed by atoms with Crippen molar-refractivity contribution in [2.24, 2.45) is 0 Å². The molecule has 0 heterocycles. The molecule has 113 valence electrons. The maximum atomic E-state index is 10.2. The first-order chi connectivity index (χ1) is 9.40. The molecule has 0 fully saturated rings. The third kappa shape index (κ3) is 7.16.